The quantitative estimate of drug-likeness (QED) is 0.802. The zero-order valence-electron chi connectivity index (χ0n) is 10.8. The van der Waals surface area contributed by atoms with Crippen LogP contribution < -0.4 is 5.73 Å². The van der Waals surface area contributed by atoms with Gasteiger partial charge in [-0.25, -0.2) is 0 Å². The lowest BCUT2D eigenvalue weighted by Crippen LogP contribution is -2.42. The van der Waals surface area contributed by atoms with Crippen LogP contribution in [0.3, 0.4) is 0 Å². The smallest absolute Gasteiger partial charge is 0.242 e. The summed E-state index contributed by atoms with van der Waals surface area (Å²) in [7, 11) is 0. The Labute approximate surface area is 114 Å². The standard InChI is InChI=1S/C12H21N3O2.ClH/c1-9-5-10(6-13)7-15(9)12(17)8-14-4-2-3-11(14)16;/h9-10H,2-8,13H2,1H3;1H. The van der Waals surface area contributed by atoms with Gasteiger partial charge < -0.3 is 15.5 Å². The molecule has 0 bridgehead atoms. The van der Waals surface area contributed by atoms with Crippen LogP contribution in [0.4, 0.5) is 0 Å². The molecule has 0 saturated carbocycles. The number of amides is 2. The van der Waals surface area contributed by atoms with Gasteiger partial charge in [-0.05, 0) is 32.2 Å². The molecule has 0 radical (unpaired) electrons. The molecule has 2 aliphatic rings. The number of nitrogens with zero attached hydrogens (tertiary/aromatic N) is 2. The number of hydrogen-bond acceptors (Lipinski definition) is 3. The number of likely N-dealkylation sites (tertiary alicyclic amines) is 2. The third-order valence-electron chi connectivity index (χ3n) is 3.81. The van der Waals surface area contributed by atoms with Gasteiger partial charge in [-0.1, -0.05) is 0 Å². The maximum Gasteiger partial charge on any atom is 0.242 e. The van der Waals surface area contributed by atoms with Gasteiger partial charge in [0.1, 0.15) is 0 Å². The summed E-state index contributed by atoms with van der Waals surface area (Å²) in [6.45, 7) is 4.42. The number of halogens is 1. The van der Waals surface area contributed by atoms with Gasteiger partial charge >= 0.3 is 0 Å². The molecule has 0 aromatic heterocycles. The second-order valence-corrected chi connectivity index (χ2v) is 5.15. The van der Waals surface area contributed by atoms with Gasteiger partial charge in [0.05, 0.1) is 6.54 Å². The molecular weight excluding hydrogens is 254 g/mol. The average Bonchev–Trinajstić information content (AvgIpc) is 2.86. The Balaban J connectivity index is 0.00000162. The molecule has 2 amide bonds. The van der Waals surface area contributed by atoms with Crippen LogP contribution >= 0.6 is 12.4 Å². The number of rotatable bonds is 3. The molecular formula is C12H22ClN3O2. The van der Waals surface area contributed by atoms with Crippen molar-refractivity contribution in [2.24, 2.45) is 11.7 Å². The van der Waals surface area contributed by atoms with E-state index >= 15 is 0 Å². The summed E-state index contributed by atoms with van der Waals surface area (Å²) in [5, 5.41) is 0. The molecule has 2 heterocycles. The fraction of sp³-hybridized carbons (Fsp3) is 0.833. The van der Waals surface area contributed by atoms with E-state index in [4.69, 9.17) is 5.73 Å². The highest BCUT2D eigenvalue weighted by Crippen LogP contribution is 2.22. The summed E-state index contributed by atoms with van der Waals surface area (Å²) in [5.41, 5.74) is 5.64. The summed E-state index contributed by atoms with van der Waals surface area (Å²) in [6.07, 6.45) is 2.46. The molecule has 0 aliphatic carbocycles. The highest BCUT2D eigenvalue weighted by Gasteiger charge is 2.33. The summed E-state index contributed by atoms with van der Waals surface area (Å²) >= 11 is 0. The SMILES string of the molecule is CC1CC(CN)CN1C(=O)CN1CCCC1=O.Cl. The van der Waals surface area contributed by atoms with Crippen molar-refractivity contribution < 1.29 is 9.59 Å². The van der Waals surface area contributed by atoms with Gasteiger partial charge in [0.15, 0.2) is 0 Å². The molecule has 0 aromatic carbocycles. The largest absolute Gasteiger partial charge is 0.338 e. The number of hydrogen-bond donors (Lipinski definition) is 1. The molecule has 2 N–H and O–H groups in total. The van der Waals surface area contributed by atoms with Gasteiger partial charge in [-0.2, -0.15) is 0 Å². The van der Waals surface area contributed by atoms with E-state index in [0.717, 1.165) is 25.9 Å². The summed E-state index contributed by atoms with van der Waals surface area (Å²) in [5.74, 6) is 0.604. The van der Waals surface area contributed by atoms with Crippen LogP contribution in [0.1, 0.15) is 26.2 Å². The highest BCUT2D eigenvalue weighted by molar-refractivity contribution is 5.86. The third kappa shape index (κ3) is 3.14. The molecule has 6 heteroatoms. The van der Waals surface area contributed by atoms with Crippen molar-refractivity contribution >= 4 is 24.2 Å². The van der Waals surface area contributed by atoms with E-state index in [-0.39, 0.29) is 36.8 Å². The topological polar surface area (TPSA) is 66.6 Å². The van der Waals surface area contributed by atoms with Crippen LogP contribution in [0.5, 0.6) is 0 Å². The Morgan fingerprint density at radius 2 is 2.22 bits per heavy atom. The van der Waals surface area contributed by atoms with Crippen molar-refractivity contribution in [3.8, 4) is 0 Å². The van der Waals surface area contributed by atoms with E-state index < -0.39 is 0 Å². The van der Waals surface area contributed by atoms with Crippen LogP contribution in [-0.4, -0.2) is 53.8 Å². The van der Waals surface area contributed by atoms with Crippen LogP contribution in [0.25, 0.3) is 0 Å². The van der Waals surface area contributed by atoms with E-state index in [9.17, 15) is 9.59 Å². The molecule has 0 spiro atoms. The summed E-state index contributed by atoms with van der Waals surface area (Å²) in [4.78, 5) is 27.1. The molecule has 2 atom stereocenters. The van der Waals surface area contributed by atoms with Crippen LogP contribution in [0.2, 0.25) is 0 Å². The zero-order valence-corrected chi connectivity index (χ0v) is 11.6. The van der Waals surface area contributed by atoms with Gasteiger partial charge in [-0.3, -0.25) is 9.59 Å². The first-order chi connectivity index (χ1) is 8.11. The molecule has 2 aliphatic heterocycles. The average molecular weight is 276 g/mol. The van der Waals surface area contributed by atoms with E-state index in [1.165, 1.54) is 0 Å². The molecule has 2 unspecified atom stereocenters. The molecule has 0 aromatic rings. The lowest BCUT2D eigenvalue weighted by atomic mass is 10.1. The van der Waals surface area contributed by atoms with Crippen LogP contribution in [0, 0.1) is 5.92 Å². The third-order valence-corrected chi connectivity index (χ3v) is 3.81. The molecule has 2 saturated heterocycles. The number of carbonyl (C=O) groups is 2. The lowest BCUT2D eigenvalue weighted by molar-refractivity contribution is -0.138. The van der Waals surface area contributed by atoms with Crippen LogP contribution in [0.15, 0.2) is 0 Å². The van der Waals surface area contributed by atoms with E-state index in [1.54, 1.807) is 4.90 Å². The predicted octanol–water partition coefficient (Wildman–Crippen LogP) is 0.226. The van der Waals surface area contributed by atoms with E-state index in [0.29, 0.717) is 18.9 Å². The Morgan fingerprint density at radius 1 is 1.50 bits per heavy atom. The molecule has 2 rings (SSSR count). The minimum atomic E-state index is 0. The number of carbonyl (C=O) groups excluding carboxylic acids is 2. The maximum absolute atomic E-state index is 12.1. The Hall–Kier alpha value is -0.810. The van der Waals surface area contributed by atoms with Crippen molar-refractivity contribution in [2.45, 2.75) is 32.2 Å². The summed E-state index contributed by atoms with van der Waals surface area (Å²) in [6, 6.07) is 0.258. The molecule has 104 valence electrons. The first kappa shape index (κ1) is 15.2. The van der Waals surface area contributed by atoms with E-state index in [1.807, 2.05) is 4.90 Å². The zero-order chi connectivity index (χ0) is 12.4. The predicted molar refractivity (Wildman–Crippen MR) is 71.4 cm³/mol. The minimum Gasteiger partial charge on any atom is -0.338 e. The van der Waals surface area contributed by atoms with E-state index in [2.05, 4.69) is 6.92 Å². The van der Waals surface area contributed by atoms with Gasteiger partial charge in [0, 0.05) is 25.6 Å². The Morgan fingerprint density at radius 3 is 2.72 bits per heavy atom. The molecule has 5 nitrogen and oxygen atoms in total. The van der Waals surface area contributed by atoms with Gasteiger partial charge in [-0.15, -0.1) is 12.4 Å². The molecule has 18 heavy (non-hydrogen) atoms. The van der Waals surface area contributed by atoms with Crippen molar-refractivity contribution in [1.29, 1.82) is 0 Å². The number of nitrogens with two attached hydrogens (primary N) is 1. The second kappa shape index (κ2) is 6.38. The van der Waals surface area contributed by atoms with Gasteiger partial charge in [0.25, 0.3) is 0 Å². The minimum absolute atomic E-state index is 0. The van der Waals surface area contributed by atoms with Gasteiger partial charge in [0.2, 0.25) is 11.8 Å². The van der Waals surface area contributed by atoms with Crippen molar-refractivity contribution in [2.75, 3.05) is 26.2 Å². The fourth-order valence-corrected chi connectivity index (χ4v) is 2.79. The maximum atomic E-state index is 12.1. The summed E-state index contributed by atoms with van der Waals surface area (Å²) < 4.78 is 0. The van der Waals surface area contributed by atoms with Crippen molar-refractivity contribution in [1.82, 2.24) is 9.80 Å². The van der Waals surface area contributed by atoms with Crippen molar-refractivity contribution in [3.05, 3.63) is 0 Å². The fourth-order valence-electron chi connectivity index (χ4n) is 2.79. The first-order valence-electron chi connectivity index (χ1n) is 6.39. The lowest BCUT2D eigenvalue weighted by Gasteiger charge is -2.24. The van der Waals surface area contributed by atoms with Crippen LogP contribution in [-0.2, 0) is 9.59 Å². The van der Waals surface area contributed by atoms with Crippen molar-refractivity contribution in [3.63, 3.8) is 0 Å². The Kier molecular flexibility index (Phi) is 5.41. The normalized spacial score (nSPS) is 27.6. The first-order valence-corrected chi connectivity index (χ1v) is 6.39. The monoisotopic (exact) mass is 275 g/mol. The molecule has 2 fully saturated rings. The second-order valence-electron chi connectivity index (χ2n) is 5.15. The Bertz CT molecular complexity index is 324. The highest BCUT2D eigenvalue weighted by atomic mass is 35.5.